The number of nitrogen functional groups attached to an aromatic ring is 1. The van der Waals surface area contributed by atoms with Crippen LogP contribution < -0.4 is 11.1 Å². The SMILES string of the molecule is CS(=O)(=O)CCNc1nc2ccc(N)cc2o1. The van der Waals surface area contributed by atoms with E-state index in [-0.39, 0.29) is 12.3 Å². The van der Waals surface area contributed by atoms with Crippen molar-refractivity contribution in [3.05, 3.63) is 18.2 Å². The molecular weight excluding hydrogens is 242 g/mol. The molecule has 0 bridgehead atoms. The Labute approximate surface area is 98.7 Å². The van der Waals surface area contributed by atoms with Gasteiger partial charge in [-0.15, -0.1) is 0 Å². The quantitative estimate of drug-likeness (QED) is 0.786. The summed E-state index contributed by atoms with van der Waals surface area (Å²) in [7, 11) is -2.98. The second kappa shape index (κ2) is 4.25. The Kier molecular flexibility index (Phi) is 2.93. The van der Waals surface area contributed by atoms with E-state index in [1.807, 2.05) is 0 Å². The monoisotopic (exact) mass is 255 g/mol. The third-order valence-electron chi connectivity index (χ3n) is 2.16. The molecule has 0 radical (unpaired) electrons. The van der Waals surface area contributed by atoms with E-state index in [0.717, 1.165) is 0 Å². The molecule has 3 N–H and O–H groups in total. The molecule has 0 aliphatic heterocycles. The topological polar surface area (TPSA) is 98.2 Å². The van der Waals surface area contributed by atoms with E-state index >= 15 is 0 Å². The zero-order valence-corrected chi connectivity index (χ0v) is 10.1. The summed E-state index contributed by atoms with van der Waals surface area (Å²) < 4.78 is 27.2. The predicted molar refractivity (Wildman–Crippen MR) is 66.6 cm³/mol. The van der Waals surface area contributed by atoms with Crippen LogP contribution in [0.25, 0.3) is 11.1 Å². The van der Waals surface area contributed by atoms with E-state index in [9.17, 15) is 8.42 Å². The minimum atomic E-state index is -2.98. The van der Waals surface area contributed by atoms with Gasteiger partial charge in [-0.25, -0.2) is 8.42 Å². The second-order valence-electron chi connectivity index (χ2n) is 3.80. The number of hydrogen-bond acceptors (Lipinski definition) is 6. The molecule has 0 saturated heterocycles. The first kappa shape index (κ1) is 11.7. The molecule has 2 aromatic rings. The largest absolute Gasteiger partial charge is 0.423 e. The van der Waals surface area contributed by atoms with Crippen molar-refractivity contribution in [1.29, 1.82) is 0 Å². The van der Waals surface area contributed by atoms with Crippen molar-refractivity contribution in [1.82, 2.24) is 4.98 Å². The number of nitrogens with two attached hydrogens (primary N) is 1. The first-order valence-corrected chi connectivity index (χ1v) is 7.08. The van der Waals surface area contributed by atoms with Crippen LogP contribution in [-0.4, -0.2) is 32.0 Å². The lowest BCUT2D eigenvalue weighted by molar-refractivity contribution is 0.599. The van der Waals surface area contributed by atoms with Gasteiger partial charge in [0.15, 0.2) is 5.58 Å². The van der Waals surface area contributed by atoms with Crippen molar-refractivity contribution < 1.29 is 12.8 Å². The summed E-state index contributed by atoms with van der Waals surface area (Å²) in [4.78, 5) is 4.15. The average molecular weight is 255 g/mol. The summed E-state index contributed by atoms with van der Waals surface area (Å²) in [5.41, 5.74) is 7.45. The maximum absolute atomic E-state index is 10.9. The fraction of sp³-hybridized carbons (Fsp3) is 0.300. The molecule has 0 unspecified atom stereocenters. The molecule has 0 spiro atoms. The highest BCUT2D eigenvalue weighted by molar-refractivity contribution is 7.90. The molecule has 0 fully saturated rings. The Morgan fingerprint density at radius 2 is 2.24 bits per heavy atom. The minimum absolute atomic E-state index is 0.0356. The van der Waals surface area contributed by atoms with Crippen LogP contribution in [0.2, 0.25) is 0 Å². The number of benzene rings is 1. The van der Waals surface area contributed by atoms with E-state index in [1.54, 1.807) is 18.2 Å². The van der Waals surface area contributed by atoms with E-state index in [4.69, 9.17) is 10.2 Å². The highest BCUT2D eigenvalue weighted by Crippen LogP contribution is 2.20. The molecule has 0 aliphatic rings. The summed E-state index contributed by atoms with van der Waals surface area (Å²) in [6, 6.07) is 5.44. The van der Waals surface area contributed by atoms with Gasteiger partial charge in [0.05, 0.1) is 5.75 Å². The summed E-state index contributed by atoms with van der Waals surface area (Å²) >= 11 is 0. The van der Waals surface area contributed by atoms with Crippen molar-refractivity contribution in [3.8, 4) is 0 Å². The summed E-state index contributed by atoms with van der Waals surface area (Å²) in [6.45, 7) is 0.265. The minimum Gasteiger partial charge on any atom is -0.423 e. The Hall–Kier alpha value is -1.76. The maximum Gasteiger partial charge on any atom is 0.295 e. The number of hydrogen-bond donors (Lipinski definition) is 2. The fourth-order valence-corrected chi connectivity index (χ4v) is 1.83. The summed E-state index contributed by atoms with van der Waals surface area (Å²) in [6.07, 6.45) is 1.18. The van der Waals surface area contributed by atoms with Crippen molar-refractivity contribution in [2.45, 2.75) is 0 Å². The normalized spacial score (nSPS) is 11.8. The zero-order chi connectivity index (χ0) is 12.5. The van der Waals surface area contributed by atoms with Gasteiger partial charge in [-0.2, -0.15) is 4.98 Å². The molecule has 2 rings (SSSR count). The van der Waals surface area contributed by atoms with Crippen molar-refractivity contribution in [2.24, 2.45) is 0 Å². The Balaban J connectivity index is 2.09. The highest BCUT2D eigenvalue weighted by atomic mass is 32.2. The Bertz CT molecular complexity index is 633. The van der Waals surface area contributed by atoms with Crippen LogP contribution in [0, 0.1) is 0 Å². The van der Waals surface area contributed by atoms with Crippen LogP contribution in [0.1, 0.15) is 0 Å². The molecule has 92 valence electrons. The number of aromatic nitrogens is 1. The molecule has 17 heavy (non-hydrogen) atoms. The third-order valence-corrected chi connectivity index (χ3v) is 3.11. The lowest BCUT2D eigenvalue weighted by Crippen LogP contribution is -2.14. The molecule has 6 nitrogen and oxygen atoms in total. The molecule has 0 aliphatic carbocycles. The third kappa shape index (κ3) is 3.10. The van der Waals surface area contributed by atoms with Crippen LogP contribution in [0.5, 0.6) is 0 Å². The lowest BCUT2D eigenvalue weighted by atomic mass is 10.3. The van der Waals surface area contributed by atoms with Crippen LogP contribution in [-0.2, 0) is 9.84 Å². The predicted octanol–water partition coefficient (Wildman–Crippen LogP) is 0.866. The Morgan fingerprint density at radius 1 is 1.47 bits per heavy atom. The standard InChI is InChI=1S/C10H13N3O3S/c1-17(14,15)5-4-12-10-13-8-3-2-7(11)6-9(8)16-10/h2-3,6H,4-5,11H2,1H3,(H,12,13). The molecule has 0 amide bonds. The van der Waals surface area contributed by atoms with Crippen molar-refractivity contribution >= 4 is 32.6 Å². The van der Waals surface area contributed by atoms with Crippen molar-refractivity contribution in [2.75, 3.05) is 29.6 Å². The number of sulfone groups is 1. The fourth-order valence-electron chi connectivity index (χ4n) is 1.36. The van der Waals surface area contributed by atoms with Gasteiger partial charge >= 0.3 is 0 Å². The first-order valence-electron chi connectivity index (χ1n) is 5.02. The van der Waals surface area contributed by atoms with Gasteiger partial charge in [0.25, 0.3) is 6.01 Å². The van der Waals surface area contributed by atoms with Crippen LogP contribution >= 0.6 is 0 Å². The summed E-state index contributed by atoms with van der Waals surface area (Å²) in [5.74, 6) is 0.0356. The first-order chi connectivity index (χ1) is 7.94. The lowest BCUT2D eigenvalue weighted by Gasteiger charge is -1.98. The van der Waals surface area contributed by atoms with Crippen molar-refractivity contribution in [3.63, 3.8) is 0 Å². The molecule has 1 aromatic heterocycles. The van der Waals surface area contributed by atoms with Gasteiger partial charge in [0.2, 0.25) is 0 Å². The number of fused-ring (bicyclic) bond motifs is 1. The molecule has 1 heterocycles. The number of rotatable bonds is 4. The van der Waals surface area contributed by atoms with E-state index < -0.39 is 9.84 Å². The number of nitrogens with one attached hydrogen (secondary N) is 1. The number of oxazole rings is 1. The van der Waals surface area contributed by atoms with E-state index in [2.05, 4.69) is 10.3 Å². The summed E-state index contributed by atoms with van der Waals surface area (Å²) in [5, 5.41) is 2.81. The van der Waals surface area contributed by atoms with Gasteiger partial charge in [0, 0.05) is 24.6 Å². The van der Waals surface area contributed by atoms with Crippen LogP contribution in [0.15, 0.2) is 22.6 Å². The average Bonchev–Trinajstić information content (AvgIpc) is 2.57. The molecule has 7 heteroatoms. The van der Waals surface area contributed by atoms with Crippen LogP contribution in [0.3, 0.4) is 0 Å². The van der Waals surface area contributed by atoms with Gasteiger partial charge in [0.1, 0.15) is 15.4 Å². The maximum atomic E-state index is 10.9. The number of anilines is 2. The van der Waals surface area contributed by atoms with Gasteiger partial charge in [-0.1, -0.05) is 0 Å². The second-order valence-corrected chi connectivity index (χ2v) is 6.06. The van der Waals surface area contributed by atoms with Crippen LogP contribution in [0.4, 0.5) is 11.7 Å². The number of nitrogens with zero attached hydrogens (tertiary/aromatic N) is 1. The zero-order valence-electron chi connectivity index (χ0n) is 9.30. The molecule has 0 saturated carbocycles. The van der Waals surface area contributed by atoms with Gasteiger partial charge in [-0.3, -0.25) is 0 Å². The van der Waals surface area contributed by atoms with Gasteiger partial charge < -0.3 is 15.5 Å². The van der Waals surface area contributed by atoms with E-state index in [0.29, 0.717) is 22.8 Å². The Morgan fingerprint density at radius 3 is 2.94 bits per heavy atom. The molecule has 1 aromatic carbocycles. The van der Waals surface area contributed by atoms with Gasteiger partial charge in [-0.05, 0) is 12.1 Å². The molecular formula is C10H13N3O3S. The smallest absolute Gasteiger partial charge is 0.295 e. The van der Waals surface area contributed by atoms with E-state index in [1.165, 1.54) is 6.26 Å². The highest BCUT2D eigenvalue weighted by Gasteiger charge is 2.07. The molecule has 0 atom stereocenters.